The van der Waals surface area contributed by atoms with Gasteiger partial charge in [-0.2, -0.15) is 5.26 Å². The molecule has 0 saturated carbocycles. The lowest BCUT2D eigenvalue weighted by Gasteiger charge is -2.08. The van der Waals surface area contributed by atoms with E-state index >= 15 is 0 Å². The van der Waals surface area contributed by atoms with Crippen molar-refractivity contribution in [2.45, 2.75) is 6.42 Å². The van der Waals surface area contributed by atoms with Crippen LogP contribution in [-0.2, 0) is 6.42 Å². The van der Waals surface area contributed by atoms with Gasteiger partial charge in [-0.1, -0.05) is 23.7 Å². The number of rotatable bonds is 5. The zero-order chi connectivity index (χ0) is 15.2. The summed E-state index contributed by atoms with van der Waals surface area (Å²) in [5, 5.41) is 23.3. The number of nitriles is 1. The fourth-order valence-corrected chi connectivity index (χ4v) is 2.06. The van der Waals surface area contributed by atoms with Gasteiger partial charge in [0.15, 0.2) is 0 Å². The molecule has 0 atom stereocenters. The van der Waals surface area contributed by atoms with Crippen LogP contribution < -0.4 is 5.32 Å². The Hall–Kier alpha value is -2.58. The molecule has 0 aliphatic carbocycles. The SMILES string of the molecule is N#Cc1cc(Cl)ccc1NCCc1ccc([N+](=O)[O-])cc1. The van der Waals surface area contributed by atoms with Crippen molar-refractivity contribution < 1.29 is 4.92 Å². The lowest BCUT2D eigenvalue weighted by molar-refractivity contribution is -0.384. The molecule has 5 nitrogen and oxygen atoms in total. The third kappa shape index (κ3) is 3.94. The molecule has 2 rings (SSSR count). The average molecular weight is 302 g/mol. The maximum atomic E-state index is 10.6. The van der Waals surface area contributed by atoms with Crippen molar-refractivity contribution in [3.8, 4) is 6.07 Å². The summed E-state index contributed by atoms with van der Waals surface area (Å²) < 4.78 is 0. The number of nitro benzene ring substituents is 1. The number of benzene rings is 2. The van der Waals surface area contributed by atoms with Crippen LogP contribution in [0.25, 0.3) is 0 Å². The Kier molecular flexibility index (Phi) is 4.75. The van der Waals surface area contributed by atoms with Crippen LogP contribution in [0.1, 0.15) is 11.1 Å². The highest BCUT2D eigenvalue weighted by Gasteiger charge is 2.05. The van der Waals surface area contributed by atoms with Gasteiger partial charge in [-0.25, -0.2) is 0 Å². The van der Waals surface area contributed by atoms with Gasteiger partial charge in [-0.15, -0.1) is 0 Å². The molecule has 21 heavy (non-hydrogen) atoms. The van der Waals surface area contributed by atoms with E-state index in [0.717, 1.165) is 11.3 Å². The molecule has 0 heterocycles. The first kappa shape index (κ1) is 14.8. The number of hydrogen-bond acceptors (Lipinski definition) is 4. The largest absolute Gasteiger partial charge is 0.384 e. The van der Waals surface area contributed by atoms with E-state index in [0.29, 0.717) is 23.6 Å². The van der Waals surface area contributed by atoms with E-state index in [-0.39, 0.29) is 5.69 Å². The van der Waals surface area contributed by atoms with Crippen molar-refractivity contribution in [3.63, 3.8) is 0 Å². The summed E-state index contributed by atoms with van der Waals surface area (Å²) in [5.41, 5.74) is 2.28. The van der Waals surface area contributed by atoms with Gasteiger partial charge in [-0.05, 0) is 30.2 Å². The maximum absolute atomic E-state index is 10.6. The minimum Gasteiger partial charge on any atom is -0.384 e. The Balaban J connectivity index is 1.95. The number of non-ortho nitro benzene ring substituents is 1. The molecule has 0 amide bonds. The summed E-state index contributed by atoms with van der Waals surface area (Å²) in [4.78, 5) is 10.1. The average Bonchev–Trinajstić information content (AvgIpc) is 2.49. The number of nitro groups is 1. The van der Waals surface area contributed by atoms with Crippen molar-refractivity contribution >= 4 is 23.0 Å². The summed E-state index contributed by atoms with van der Waals surface area (Å²) in [5.74, 6) is 0. The van der Waals surface area contributed by atoms with Crippen LogP contribution >= 0.6 is 11.6 Å². The van der Waals surface area contributed by atoms with E-state index in [4.69, 9.17) is 16.9 Å². The zero-order valence-corrected chi connectivity index (χ0v) is 11.8. The van der Waals surface area contributed by atoms with Gasteiger partial charge >= 0.3 is 0 Å². The summed E-state index contributed by atoms with van der Waals surface area (Å²) in [6, 6.07) is 13.6. The van der Waals surface area contributed by atoms with E-state index in [2.05, 4.69) is 11.4 Å². The summed E-state index contributed by atoms with van der Waals surface area (Å²) in [7, 11) is 0. The van der Waals surface area contributed by atoms with Crippen molar-refractivity contribution in [3.05, 3.63) is 68.7 Å². The normalized spacial score (nSPS) is 9.90. The molecular formula is C15H12ClN3O2. The second-order valence-electron chi connectivity index (χ2n) is 4.40. The van der Waals surface area contributed by atoms with Gasteiger partial charge in [0.2, 0.25) is 0 Å². The van der Waals surface area contributed by atoms with E-state index < -0.39 is 4.92 Å². The van der Waals surface area contributed by atoms with Crippen LogP contribution in [0.15, 0.2) is 42.5 Å². The smallest absolute Gasteiger partial charge is 0.269 e. The Morgan fingerprint density at radius 3 is 2.57 bits per heavy atom. The minimum absolute atomic E-state index is 0.0798. The van der Waals surface area contributed by atoms with Gasteiger partial charge in [-0.3, -0.25) is 10.1 Å². The first-order valence-electron chi connectivity index (χ1n) is 6.27. The topological polar surface area (TPSA) is 79.0 Å². The van der Waals surface area contributed by atoms with Gasteiger partial charge in [0.1, 0.15) is 6.07 Å². The van der Waals surface area contributed by atoms with Crippen molar-refractivity contribution in [1.29, 1.82) is 5.26 Å². The third-order valence-corrected chi connectivity index (χ3v) is 3.21. The van der Waals surface area contributed by atoms with Crippen LogP contribution in [0.4, 0.5) is 11.4 Å². The second kappa shape index (κ2) is 6.73. The van der Waals surface area contributed by atoms with E-state index in [9.17, 15) is 10.1 Å². The van der Waals surface area contributed by atoms with Crippen molar-refractivity contribution in [2.24, 2.45) is 0 Å². The fraction of sp³-hybridized carbons (Fsp3) is 0.133. The molecule has 2 aromatic carbocycles. The zero-order valence-electron chi connectivity index (χ0n) is 11.0. The standard InChI is InChI=1S/C15H12ClN3O2/c16-13-3-6-15(12(9-13)10-17)18-8-7-11-1-4-14(5-2-11)19(20)21/h1-6,9,18H,7-8H2. The first-order chi connectivity index (χ1) is 10.1. The Labute approximate surface area is 126 Å². The lowest BCUT2D eigenvalue weighted by atomic mass is 10.1. The van der Waals surface area contributed by atoms with Crippen molar-refractivity contribution in [1.82, 2.24) is 0 Å². The molecule has 0 aliphatic rings. The lowest BCUT2D eigenvalue weighted by Crippen LogP contribution is -2.06. The molecule has 0 bridgehead atoms. The molecule has 0 unspecified atom stereocenters. The molecule has 2 aromatic rings. The molecule has 0 radical (unpaired) electrons. The molecule has 0 saturated heterocycles. The van der Waals surface area contributed by atoms with Gasteiger partial charge in [0.25, 0.3) is 5.69 Å². The van der Waals surface area contributed by atoms with Crippen LogP contribution in [0, 0.1) is 21.4 Å². The summed E-state index contributed by atoms with van der Waals surface area (Å²) in [6.07, 6.45) is 0.700. The molecule has 0 fully saturated rings. The highest BCUT2D eigenvalue weighted by Crippen LogP contribution is 2.20. The van der Waals surface area contributed by atoms with E-state index in [1.807, 2.05) is 0 Å². The molecule has 106 valence electrons. The highest BCUT2D eigenvalue weighted by atomic mass is 35.5. The van der Waals surface area contributed by atoms with Gasteiger partial charge < -0.3 is 5.32 Å². The molecule has 1 N–H and O–H groups in total. The highest BCUT2D eigenvalue weighted by molar-refractivity contribution is 6.30. The Morgan fingerprint density at radius 1 is 1.24 bits per heavy atom. The number of anilines is 1. The predicted molar refractivity (Wildman–Crippen MR) is 81.5 cm³/mol. The molecule has 0 spiro atoms. The second-order valence-corrected chi connectivity index (χ2v) is 4.84. The Morgan fingerprint density at radius 2 is 1.95 bits per heavy atom. The quantitative estimate of drug-likeness (QED) is 0.673. The maximum Gasteiger partial charge on any atom is 0.269 e. The first-order valence-corrected chi connectivity index (χ1v) is 6.65. The van der Waals surface area contributed by atoms with Gasteiger partial charge in [0.05, 0.1) is 16.2 Å². The van der Waals surface area contributed by atoms with Crippen molar-refractivity contribution in [2.75, 3.05) is 11.9 Å². The van der Waals surface area contributed by atoms with E-state index in [1.165, 1.54) is 12.1 Å². The predicted octanol–water partition coefficient (Wildman–Crippen LogP) is 3.77. The molecular weight excluding hydrogens is 290 g/mol. The monoisotopic (exact) mass is 301 g/mol. The summed E-state index contributed by atoms with van der Waals surface area (Å²) in [6.45, 7) is 0.619. The number of nitrogens with zero attached hydrogens (tertiary/aromatic N) is 2. The number of nitrogens with one attached hydrogen (secondary N) is 1. The minimum atomic E-state index is -0.422. The van der Waals surface area contributed by atoms with E-state index in [1.54, 1.807) is 30.3 Å². The molecule has 6 heteroatoms. The van der Waals surface area contributed by atoms with Crippen LogP contribution in [-0.4, -0.2) is 11.5 Å². The Bertz CT molecular complexity index is 693. The number of halogens is 1. The van der Waals surface area contributed by atoms with Gasteiger partial charge in [0, 0.05) is 23.7 Å². The van der Waals surface area contributed by atoms with Crippen LogP contribution in [0.3, 0.4) is 0 Å². The number of hydrogen-bond donors (Lipinski definition) is 1. The molecule has 0 aromatic heterocycles. The fourth-order valence-electron chi connectivity index (χ4n) is 1.89. The van der Waals surface area contributed by atoms with Crippen LogP contribution in [0.2, 0.25) is 5.02 Å². The molecule has 0 aliphatic heterocycles. The third-order valence-electron chi connectivity index (χ3n) is 2.98. The van der Waals surface area contributed by atoms with Crippen LogP contribution in [0.5, 0.6) is 0 Å². The summed E-state index contributed by atoms with van der Waals surface area (Å²) >= 11 is 5.83.